The Morgan fingerprint density at radius 3 is 2.29 bits per heavy atom. The highest BCUT2D eigenvalue weighted by atomic mass is 35.5. The van der Waals surface area contributed by atoms with Gasteiger partial charge in [-0.2, -0.15) is 5.10 Å². The first-order valence-corrected chi connectivity index (χ1v) is 9.26. The molecule has 0 atom stereocenters. The van der Waals surface area contributed by atoms with Gasteiger partial charge in [0.1, 0.15) is 5.75 Å². The van der Waals surface area contributed by atoms with Crippen molar-refractivity contribution in [2.45, 2.75) is 6.54 Å². The molecule has 28 heavy (non-hydrogen) atoms. The van der Waals surface area contributed by atoms with Gasteiger partial charge in [0.15, 0.2) is 6.61 Å². The molecule has 0 fully saturated rings. The van der Waals surface area contributed by atoms with E-state index in [4.69, 9.17) is 27.9 Å². The first kappa shape index (κ1) is 19.9. The molecule has 0 aliphatic carbocycles. The molecule has 1 N–H and O–H groups in total. The lowest BCUT2D eigenvalue weighted by atomic mass is 10.1. The summed E-state index contributed by atoms with van der Waals surface area (Å²) in [5.41, 5.74) is 1.25. The number of carbonyl (C=O) groups is 1. The molecule has 0 unspecified atom stereocenters. The van der Waals surface area contributed by atoms with Crippen molar-refractivity contribution in [3.63, 3.8) is 0 Å². The van der Waals surface area contributed by atoms with Crippen molar-refractivity contribution in [3.05, 3.63) is 81.1 Å². The van der Waals surface area contributed by atoms with E-state index in [0.29, 0.717) is 21.5 Å². The van der Waals surface area contributed by atoms with Gasteiger partial charge in [0.2, 0.25) is 0 Å². The number of amides is 1. The van der Waals surface area contributed by atoms with Crippen LogP contribution in [0.3, 0.4) is 0 Å². The Bertz CT molecular complexity index is 1000. The van der Waals surface area contributed by atoms with E-state index in [2.05, 4.69) is 10.4 Å². The van der Waals surface area contributed by atoms with E-state index in [1.54, 1.807) is 42.5 Å². The Morgan fingerprint density at radius 1 is 0.964 bits per heavy atom. The molecule has 3 rings (SSSR count). The average Bonchev–Trinajstić information content (AvgIpc) is 2.70. The predicted molar refractivity (Wildman–Crippen MR) is 109 cm³/mol. The zero-order valence-corrected chi connectivity index (χ0v) is 16.3. The van der Waals surface area contributed by atoms with Gasteiger partial charge in [-0.1, -0.05) is 35.3 Å². The predicted octanol–water partition coefficient (Wildman–Crippen LogP) is 3.41. The first-order valence-electron chi connectivity index (χ1n) is 8.50. The second kappa shape index (κ2) is 9.39. The third-order valence-corrected chi connectivity index (χ3v) is 4.34. The Hall–Kier alpha value is -2.83. The van der Waals surface area contributed by atoms with E-state index in [1.165, 1.54) is 10.7 Å². The molecule has 0 saturated carbocycles. The van der Waals surface area contributed by atoms with Crippen LogP contribution in [0.5, 0.6) is 5.75 Å². The van der Waals surface area contributed by atoms with Crippen LogP contribution < -0.4 is 15.6 Å². The Morgan fingerprint density at radius 2 is 1.61 bits per heavy atom. The summed E-state index contributed by atoms with van der Waals surface area (Å²) in [7, 11) is 0. The maximum absolute atomic E-state index is 12.0. The number of nitrogens with one attached hydrogen (secondary N) is 1. The van der Waals surface area contributed by atoms with Crippen LogP contribution in [0.25, 0.3) is 11.3 Å². The third kappa shape index (κ3) is 5.58. The van der Waals surface area contributed by atoms with Crippen molar-refractivity contribution < 1.29 is 9.53 Å². The number of ether oxygens (including phenoxy) is 1. The summed E-state index contributed by atoms with van der Waals surface area (Å²) in [5.74, 6) is 0.255. The van der Waals surface area contributed by atoms with Crippen molar-refractivity contribution in [2.24, 2.45) is 0 Å². The minimum atomic E-state index is -0.295. The van der Waals surface area contributed by atoms with Crippen LogP contribution in [0.15, 0.2) is 65.5 Å². The Balaban J connectivity index is 1.53. The lowest BCUT2D eigenvalue weighted by molar-refractivity contribution is -0.123. The molecule has 2 aromatic carbocycles. The van der Waals surface area contributed by atoms with Crippen LogP contribution in [0.2, 0.25) is 10.0 Å². The fourth-order valence-electron chi connectivity index (χ4n) is 2.42. The van der Waals surface area contributed by atoms with E-state index in [-0.39, 0.29) is 31.2 Å². The van der Waals surface area contributed by atoms with Gasteiger partial charge in [0.25, 0.3) is 11.5 Å². The molecule has 0 aliphatic heterocycles. The van der Waals surface area contributed by atoms with Gasteiger partial charge in [-0.15, -0.1) is 0 Å². The second-order valence-corrected chi connectivity index (χ2v) is 6.75. The molecular formula is C20H17Cl2N3O3. The zero-order valence-electron chi connectivity index (χ0n) is 14.8. The van der Waals surface area contributed by atoms with Gasteiger partial charge in [-0.3, -0.25) is 9.59 Å². The van der Waals surface area contributed by atoms with E-state index in [0.717, 1.165) is 5.56 Å². The SMILES string of the molecule is O=C(COc1ccc(Cl)cc1)NCCn1nc(-c2ccc(Cl)cc2)ccc1=O. The zero-order chi connectivity index (χ0) is 19.9. The smallest absolute Gasteiger partial charge is 0.266 e. The third-order valence-electron chi connectivity index (χ3n) is 3.84. The van der Waals surface area contributed by atoms with Gasteiger partial charge >= 0.3 is 0 Å². The van der Waals surface area contributed by atoms with E-state index < -0.39 is 0 Å². The molecule has 0 spiro atoms. The second-order valence-electron chi connectivity index (χ2n) is 5.88. The fourth-order valence-corrected chi connectivity index (χ4v) is 2.67. The molecule has 1 heterocycles. The summed E-state index contributed by atoms with van der Waals surface area (Å²) in [5, 5.41) is 8.26. The molecule has 0 aliphatic rings. The van der Waals surface area contributed by atoms with Gasteiger partial charge in [-0.05, 0) is 42.5 Å². The van der Waals surface area contributed by atoms with Crippen LogP contribution in [0.1, 0.15) is 0 Å². The Kier molecular flexibility index (Phi) is 6.68. The van der Waals surface area contributed by atoms with Gasteiger partial charge in [-0.25, -0.2) is 4.68 Å². The fraction of sp³-hybridized carbons (Fsp3) is 0.150. The number of rotatable bonds is 7. The molecule has 0 saturated heterocycles. The number of nitrogens with zero attached hydrogens (tertiary/aromatic N) is 2. The minimum absolute atomic E-state index is 0.130. The minimum Gasteiger partial charge on any atom is -0.484 e. The monoisotopic (exact) mass is 417 g/mol. The standard InChI is InChI=1S/C20H17Cl2N3O3/c21-15-3-1-14(2-4-15)18-9-10-20(27)25(24-18)12-11-23-19(26)13-28-17-7-5-16(22)6-8-17/h1-10H,11-13H2,(H,23,26). The number of hydrogen-bond donors (Lipinski definition) is 1. The molecular weight excluding hydrogens is 401 g/mol. The highest BCUT2D eigenvalue weighted by Crippen LogP contribution is 2.18. The van der Waals surface area contributed by atoms with Crippen molar-refractivity contribution in [2.75, 3.05) is 13.2 Å². The molecule has 3 aromatic rings. The summed E-state index contributed by atoms with van der Waals surface area (Å²) < 4.78 is 6.68. The van der Waals surface area contributed by atoms with Crippen LogP contribution in [0.4, 0.5) is 0 Å². The van der Waals surface area contributed by atoms with Crippen molar-refractivity contribution in [3.8, 4) is 17.0 Å². The van der Waals surface area contributed by atoms with E-state index >= 15 is 0 Å². The van der Waals surface area contributed by atoms with Crippen molar-refractivity contribution in [1.82, 2.24) is 15.1 Å². The van der Waals surface area contributed by atoms with Gasteiger partial charge in [0.05, 0.1) is 12.2 Å². The normalized spacial score (nSPS) is 10.5. The largest absolute Gasteiger partial charge is 0.484 e. The highest BCUT2D eigenvalue weighted by molar-refractivity contribution is 6.30. The van der Waals surface area contributed by atoms with Gasteiger partial charge < -0.3 is 10.1 Å². The molecule has 0 bridgehead atoms. The molecule has 144 valence electrons. The van der Waals surface area contributed by atoms with Crippen LogP contribution in [-0.2, 0) is 11.3 Å². The summed E-state index contributed by atoms with van der Waals surface area (Å²) in [4.78, 5) is 23.9. The average molecular weight is 418 g/mol. The number of hydrogen-bond acceptors (Lipinski definition) is 4. The maximum Gasteiger partial charge on any atom is 0.266 e. The molecule has 8 heteroatoms. The van der Waals surface area contributed by atoms with Gasteiger partial charge in [0, 0.05) is 28.2 Å². The number of aromatic nitrogens is 2. The maximum atomic E-state index is 12.0. The van der Waals surface area contributed by atoms with E-state index in [9.17, 15) is 9.59 Å². The number of benzene rings is 2. The lowest BCUT2D eigenvalue weighted by Crippen LogP contribution is -2.34. The number of halogens is 2. The molecule has 1 aromatic heterocycles. The first-order chi connectivity index (χ1) is 13.5. The number of carbonyl (C=O) groups excluding carboxylic acids is 1. The molecule has 6 nitrogen and oxygen atoms in total. The quantitative estimate of drug-likeness (QED) is 0.638. The molecule has 1 amide bonds. The lowest BCUT2D eigenvalue weighted by Gasteiger charge is -2.09. The van der Waals surface area contributed by atoms with Crippen molar-refractivity contribution >= 4 is 29.1 Å². The highest BCUT2D eigenvalue weighted by Gasteiger charge is 2.06. The molecule has 0 radical (unpaired) electrons. The summed E-state index contributed by atoms with van der Waals surface area (Å²) >= 11 is 11.7. The topological polar surface area (TPSA) is 73.2 Å². The van der Waals surface area contributed by atoms with E-state index in [1.807, 2.05) is 12.1 Å². The summed E-state index contributed by atoms with van der Waals surface area (Å²) in [6, 6.07) is 17.0. The van der Waals surface area contributed by atoms with Crippen LogP contribution >= 0.6 is 23.2 Å². The summed E-state index contributed by atoms with van der Waals surface area (Å²) in [6.07, 6.45) is 0. The Labute approximate surface area is 171 Å². The van der Waals surface area contributed by atoms with Crippen LogP contribution in [0, 0.1) is 0 Å². The van der Waals surface area contributed by atoms with Crippen LogP contribution in [-0.4, -0.2) is 28.8 Å². The summed E-state index contributed by atoms with van der Waals surface area (Å²) in [6.45, 7) is 0.363. The van der Waals surface area contributed by atoms with Crippen molar-refractivity contribution in [1.29, 1.82) is 0 Å².